The van der Waals surface area contributed by atoms with Gasteiger partial charge in [-0.2, -0.15) is 0 Å². The van der Waals surface area contributed by atoms with Crippen LogP contribution in [0.3, 0.4) is 0 Å². The van der Waals surface area contributed by atoms with E-state index in [9.17, 15) is 0 Å². The number of hydrogen-bond donors (Lipinski definition) is 1. The Morgan fingerprint density at radius 2 is 2.00 bits per heavy atom. The van der Waals surface area contributed by atoms with Crippen molar-refractivity contribution in [2.24, 2.45) is 5.73 Å². The maximum absolute atomic E-state index is 5.71. The summed E-state index contributed by atoms with van der Waals surface area (Å²) in [5.41, 5.74) is 10.2. The molecule has 1 fully saturated rings. The first kappa shape index (κ1) is 17.1. The summed E-state index contributed by atoms with van der Waals surface area (Å²) in [5.74, 6) is 1.38. The minimum Gasteiger partial charge on any atom is -0.481 e. The molecule has 0 saturated heterocycles. The van der Waals surface area contributed by atoms with Crippen molar-refractivity contribution < 1.29 is 4.74 Å². The first-order valence-corrected chi connectivity index (χ1v) is 9.59. The van der Waals surface area contributed by atoms with Crippen molar-refractivity contribution in [2.75, 3.05) is 19.9 Å². The maximum atomic E-state index is 5.71. The molecule has 0 radical (unpaired) electrons. The molecule has 1 aromatic heterocycles. The van der Waals surface area contributed by atoms with Gasteiger partial charge in [-0.1, -0.05) is 24.3 Å². The van der Waals surface area contributed by atoms with E-state index in [1.54, 1.807) is 18.9 Å². The van der Waals surface area contributed by atoms with Gasteiger partial charge < -0.3 is 10.5 Å². The summed E-state index contributed by atoms with van der Waals surface area (Å²) in [7, 11) is 1.70. The number of rotatable bonds is 7. The molecule has 1 aliphatic carbocycles. The van der Waals surface area contributed by atoms with Crippen LogP contribution in [-0.4, -0.2) is 24.9 Å². The van der Waals surface area contributed by atoms with E-state index in [0.29, 0.717) is 12.5 Å². The van der Waals surface area contributed by atoms with Gasteiger partial charge >= 0.3 is 0 Å². The lowest BCUT2D eigenvalue weighted by Crippen LogP contribution is -2.01. The van der Waals surface area contributed by atoms with E-state index in [1.165, 1.54) is 23.3 Å². The van der Waals surface area contributed by atoms with Gasteiger partial charge in [-0.15, -0.1) is 11.8 Å². The second-order valence-corrected chi connectivity index (χ2v) is 6.87. The molecular formula is C20H24N2OS. The molecule has 0 atom stereocenters. The van der Waals surface area contributed by atoms with Crippen molar-refractivity contribution in [3.05, 3.63) is 59.3 Å². The molecule has 24 heavy (non-hydrogen) atoms. The predicted octanol–water partition coefficient (Wildman–Crippen LogP) is 4.47. The summed E-state index contributed by atoms with van der Waals surface area (Å²) in [6.45, 7) is 0.629. The molecule has 0 spiro atoms. The van der Waals surface area contributed by atoms with Crippen LogP contribution in [0.2, 0.25) is 0 Å². The number of aromatic nitrogens is 1. The van der Waals surface area contributed by atoms with Gasteiger partial charge in [-0.05, 0) is 61.7 Å². The summed E-state index contributed by atoms with van der Waals surface area (Å²) in [6, 6.07) is 12.9. The Morgan fingerprint density at radius 1 is 1.25 bits per heavy atom. The standard InChI is InChI=1S/C20H24N2OS/c1-23-20-18(15-5-6-15)11-12-19(22-20)17(4-3-13-21)14-7-9-16(24-2)10-8-14/h4,7-12,15H,3,5-6,13,21H2,1-2H3/b17-4-. The van der Waals surface area contributed by atoms with Gasteiger partial charge in [-0.25, -0.2) is 4.98 Å². The minimum absolute atomic E-state index is 0.624. The van der Waals surface area contributed by atoms with Crippen molar-refractivity contribution in [1.82, 2.24) is 4.98 Å². The van der Waals surface area contributed by atoms with Crippen molar-refractivity contribution in [3.8, 4) is 5.88 Å². The van der Waals surface area contributed by atoms with Crippen LogP contribution in [0.15, 0.2) is 47.4 Å². The Balaban J connectivity index is 1.98. The Bertz CT molecular complexity index is 721. The normalized spacial score (nSPS) is 14.7. The average Bonchev–Trinajstić information content (AvgIpc) is 3.47. The van der Waals surface area contributed by atoms with Crippen LogP contribution in [0, 0.1) is 0 Å². The van der Waals surface area contributed by atoms with Crippen LogP contribution in [0.1, 0.15) is 42.0 Å². The Morgan fingerprint density at radius 3 is 2.58 bits per heavy atom. The predicted molar refractivity (Wildman–Crippen MR) is 102 cm³/mol. The number of thioether (sulfide) groups is 1. The Hall–Kier alpha value is -1.78. The van der Waals surface area contributed by atoms with Crippen molar-refractivity contribution in [1.29, 1.82) is 0 Å². The fraction of sp³-hybridized carbons (Fsp3) is 0.350. The first-order chi connectivity index (χ1) is 11.8. The lowest BCUT2D eigenvalue weighted by molar-refractivity contribution is 0.392. The number of hydrogen-bond acceptors (Lipinski definition) is 4. The molecule has 126 valence electrons. The molecule has 0 amide bonds. The van der Waals surface area contributed by atoms with Crippen LogP contribution in [0.25, 0.3) is 5.57 Å². The minimum atomic E-state index is 0.624. The van der Waals surface area contributed by atoms with Crippen LogP contribution >= 0.6 is 11.8 Å². The number of nitrogens with two attached hydrogens (primary N) is 1. The summed E-state index contributed by atoms with van der Waals surface area (Å²) in [4.78, 5) is 6.04. The highest BCUT2D eigenvalue weighted by molar-refractivity contribution is 7.98. The maximum Gasteiger partial charge on any atom is 0.217 e. The van der Waals surface area contributed by atoms with Gasteiger partial charge in [0.05, 0.1) is 12.8 Å². The van der Waals surface area contributed by atoms with Crippen LogP contribution in [0.5, 0.6) is 5.88 Å². The quantitative estimate of drug-likeness (QED) is 0.756. The molecule has 0 aliphatic heterocycles. The third kappa shape index (κ3) is 3.82. The molecule has 0 bridgehead atoms. The number of benzene rings is 1. The van der Waals surface area contributed by atoms with E-state index >= 15 is 0 Å². The van der Waals surface area contributed by atoms with Gasteiger partial charge in [-0.3, -0.25) is 0 Å². The summed E-state index contributed by atoms with van der Waals surface area (Å²) in [6.07, 6.45) is 7.57. The zero-order valence-electron chi connectivity index (χ0n) is 14.3. The van der Waals surface area contributed by atoms with Crippen LogP contribution in [0.4, 0.5) is 0 Å². The largest absolute Gasteiger partial charge is 0.481 e. The van der Waals surface area contributed by atoms with E-state index in [0.717, 1.165) is 29.1 Å². The zero-order valence-corrected chi connectivity index (χ0v) is 15.1. The summed E-state index contributed by atoms with van der Waals surface area (Å²) >= 11 is 1.75. The fourth-order valence-corrected chi connectivity index (χ4v) is 3.25. The average molecular weight is 340 g/mol. The van der Waals surface area contributed by atoms with E-state index in [1.807, 2.05) is 0 Å². The van der Waals surface area contributed by atoms with E-state index in [2.05, 4.69) is 48.7 Å². The molecule has 1 aliphatic rings. The lowest BCUT2D eigenvalue weighted by atomic mass is 10.00. The van der Waals surface area contributed by atoms with Crippen molar-refractivity contribution in [2.45, 2.75) is 30.1 Å². The first-order valence-electron chi connectivity index (χ1n) is 8.36. The topological polar surface area (TPSA) is 48.1 Å². The lowest BCUT2D eigenvalue weighted by Gasteiger charge is -2.12. The highest BCUT2D eigenvalue weighted by atomic mass is 32.2. The van der Waals surface area contributed by atoms with E-state index < -0.39 is 0 Å². The monoisotopic (exact) mass is 340 g/mol. The second-order valence-electron chi connectivity index (χ2n) is 5.99. The molecule has 3 nitrogen and oxygen atoms in total. The van der Waals surface area contributed by atoms with Crippen LogP contribution in [-0.2, 0) is 0 Å². The molecule has 1 aromatic carbocycles. The third-order valence-electron chi connectivity index (χ3n) is 4.29. The molecule has 4 heteroatoms. The highest BCUT2D eigenvalue weighted by Crippen LogP contribution is 2.44. The summed E-state index contributed by atoms with van der Waals surface area (Å²) < 4.78 is 5.55. The number of methoxy groups -OCH3 is 1. The van der Waals surface area contributed by atoms with Gasteiger partial charge in [0, 0.05) is 16.0 Å². The number of pyridine rings is 1. The molecule has 1 saturated carbocycles. The second kappa shape index (κ2) is 7.86. The Labute approximate surface area is 148 Å². The molecule has 1 heterocycles. The molecule has 0 unspecified atom stereocenters. The van der Waals surface area contributed by atoms with Crippen molar-refractivity contribution in [3.63, 3.8) is 0 Å². The van der Waals surface area contributed by atoms with Crippen molar-refractivity contribution >= 4 is 17.3 Å². The van der Waals surface area contributed by atoms with Gasteiger partial charge in [0.25, 0.3) is 0 Å². The number of ether oxygens (including phenoxy) is 1. The zero-order chi connectivity index (χ0) is 16.9. The van der Waals surface area contributed by atoms with Gasteiger partial charge in [0.15, 0.2) is 0 Å². The SMILES string of the molecule is COc1nc(/C(=C\CCN)c2ccc(SC)cc2)ccc1C1CC1. The molecule has 2 N–H and O–H groups in total. The van der Waals surface area contributed by atoms with Crippen LogP contribution < -0.4 is 10.5 Å². The summed E-state index contributed by atoms with van der Waals surface area (Å²) in [5, 5.41) is 0. The molecular weight excluding hydrogens is 316 g/mol. The Kier molecular flexibility index (Phi) is 5.59. The number of nitrogens with zero attached hydrogens (tertiary/aromatic N) is 1. The van der Waals surface area contributed by atoms with Gasteiger partial charge in [0.1, 0.15) is 0 Å². The molecule has 2 aromatic rings. The smallest absolute Gasteiger partial charge is 0.217 e. The van der Waals surface area contributed by atoms with E-state index in [4.69, 9.17) is 15.5 Å². The highest BCUT2D eigenvalue weighted by Gasteiger charge is 2.27. The van der Waals surface area contributed by atoms with Gasteiger partial charge in [0.2, 0.25) is 5.88 Å². The molecule has 3 rings (SSSR count). The third-order valence-corrected chi connectivity index (χ3v) is 5.04. The van der Waals surface area contributed by atoms with E-state index in [-0.39, 0.29) is 0 Å². The fourth-order valence-electron chi connectivity index (χ4n) is 2.84.